The minimum Gasteiger partial charge on any atom is -0.379 e. The number of hydrogen-bond acceptors (Lipinski definition) is 3. The molecule has 2 aromatic rings. The van der Waals surface area contributed by atoms with Crippen molar-refractivity contribution >= 4 is 40.8 Å². The van der Waals surface area contributed by atoms with E-state index in [4.69, 9.17) is 4.74 Å². The van der Waals surface area contributed by atoms with E-state index in [-0.39, 0.29) is 24.0 Å². The first-order chi connectivity index (χ1) is 12.8. The van der Waals surface area contributed by atoms with Crippen LogP contribution in [0.1, 0.15) is 12.5 Å². The highest BCUT2D eigenvalue weighted by Gasteiger charge is 2.14. The highest BCUT2D eigenvalue weighted by atomic mass is 127. The van der Waals surface area contributed by atoms with Crippen LogP contribution in [-0.2, 0) is 11.2 Å². The number of morpholine rings is 1. The van der Waals surface area contributed by atoms with Crippen LogP contribution in [0.25, 0.3) is 10.9 Å². The summed E-state index contributed by atoms with van der Waals surface area (Å²) < 4.78 is 5.41. The lowest BCUT2D eigenvalue weighted by atomic mass is 10.1. The van der Waals surface area contributed by atoms with E-state index < -0.39 is 0 Å². The Balaban J connectivity index is 0.00000261. The molecular formula is C20H32IN5O. The normalized spacial score (nSPS) is 16.7. The van der Waals surface area contributed by atoms with Gasteiger partial charge in [-0.05, 0) is 24.0 Å². The molecule has 0 bridgehead atoms. The van der Waals surface area contributed by atoms with E-state index in [2.05, 4.69) is 62.9 Å². The van der Waals surface area contributed by atoms with E-state index in [1.165, 1.54) is 16.5 Å². The van der Waals surface area contributed by atoms with E-state index in [9.17, 15) is 0 Å². The van der Waals surface area contributed by atoms with Gasteiger partial charge in [0.1, 0.15) is 0 Å². The number of rotatable bonds is 7. The van der Waals surface area contributed by atoms with Crippen molar-refractivity contribution in [3.8, 4) is 0 Å². The molecule has 150 valence electrons. The number of halogens is 1. The maximum atomic E-state index is 5.41. The fourth-order valence-corrected chi connectivity index (χ4v) is 3.43. The van der Waals surface area contributed by atoms with E-state index in [1.807, 2.05) is 7.05 Å². The molecule has 3 rings (SSSR count). The third-order valence-corrected chi connectivity index (χ3v) is 4.88. The zero-order chi connectivity index (χ0) is 18.2. The van der Waals surface area contributed by atoms with Gasteiger partial charge in [0.15, 0.2) is 5.96 Å². The Hall–Kier alpha value is -1.32. The Morgan fingerprint density at radius 2 is 2.04 bits per heavy atom. The third kappa shape index (κ3) is 6.65. The molecule has 3 N–H and O–H groups in total. The molecule has 6 nitrogen and oxygen atoms in total. The van der Waals surface area contributed by atoms with Gasteiger partial charge in [-0.25, -0.2) is 0 Å². The molecule has 27 heavy (non-hydrogen) atoms. The summed E-state index contributed by atoms with van der Waals surface area (Å²) >= 11 is 0. The van der Waals surface area contributed by atoms with E-state index >= 15 is 0 Å². The first kappa shape index (κ1) is 22.0. The standard InChI is InChI=1S/C20H31N5O.HI/c1-16(15-25-9-11-26-12-10-25)13-24-20(21-2)22-8-7-17-14-23-19-6-4-3-5-18(17)19;/h3-6,14,16,23H,7-13,15H2,1-2H3,(H2,21,22,24);1H. The molecule has 0 radical (unpaired) electrons. The largest absolute Gasteiger partial charge is 0.379 e. The van der Waals surface area contributed by atoms with Crippen molar-refractivity contribution in [3.63, 3.8) is 0 Å². The number of nitrogens with zero attached hydrogens (tertiary/aromatic N) is 2. The van der Waals surface area contributed by atoms with Crippen molar-refractivity contribution in [2.75, 3.05) is 53.0 Å². The van der Waals surface area contributed by atoms with Crippen molar-refractivity contribution < 1.29 is 4.74 Å². The van der Waals surface area contributed by atoms with Gasteiger partial charge in [0.05, 0.1) is 13.2 Å². The molecule has 1 aliphatic rings. The highest BCUT2D eigenvalue weighted by Crippen LogP contribution is 2.17. The lowest BCUT2D eigenvalue weighted by molar-refractivity contribution is 0.0320. The number of aromatic nitrogens is 1. The number of nitrogens with one attached hydrogen (secondary N) is 3. The number of benzene rings is 1. The maximum absolute atomic E-state index is 5.41. The topological polar surface area (TPSA) is 64.7 Å². The van der Waals surface area contributed by atoms with Crippen molar-refractivity contribution in [2.45, 2.75) is 13.3 Å². The van der Waals surface area contributed by atoms with Gasteiger partial charge in [-0.3, -0.25) is 9.89 Å². The smallest absolute Gasteiger partial charge is 0.190 e. The van der Waals surface area contributed by atoms with Gasteiger partial charge < -0.3 is 20.4 Å². The molecule has 1 aliphatic heterocycles. The maximum Gasteiger partial charge on any atom is 0.190 e. The average molecular weight is 485 g/mol. The van der Waals surface area contributed by atoms with E-state index in [0.29, 0.717) is 5.92 Å². The first-order valence-electron chi connectivity index (χ1n) is 9.56. The number of ether oxygens (including phenoxy) is 1. The van der Waals surface area contributed by atoms with Crippen LogP contribution in [0, 0.1) is 5.92 Å². The van der Waals surface area contributed by atoms with Crippen molar-refractivity contribution in [2.24, 2.45) is 10.9 Å². The van der Waals surface area contributed by atoms with Crippen LogP contribution in [0.4, 0.5) is 0 Å². The number of fused-ring (bicyclic) bond motifs is 1. The van der Waals surface area contributed by atoms with Crippen LogP contribution in [0.15, 0.2) is 35.5 Å². The summed E-state index contributed by atoms with van der Waals surface area (Å²) in [6.07, 6.45) is 3.07. The number of guanidine groups is 1. The number of para-hydroxylation sites is 1. The van der Waals surface area contributed by atoms with Gasteiger partial charge in [0, 0.05) is 56.9 Å². The third-order valence-electron chi connectivity index (χ3n) is 4.88. The minimum absolute atomic E-state index is 0. The Morgan fingerprint density at radius 1 is 1.26 bits per heavy atom. The number of aliphatic imine (C=N–C) groups is 1. The molecule has 0 saturated carbocycles. The summed E-state index contributed by atoms with van der Waals surface area (Å²) in [6.45, 7) is 8.96. The molecule has 2 heterocycles. The molecule has 7 heteroatoms. The second-order valence-corrected chi connectivity index (χ2v) is 7.01. The molecule has 1 aromatic carbocycles. The fourth-order valence-electron chi connectivity index (χ4n) is 3.43. The first-order valence-corrected chi connectivity index (χ1v) is 9.56. The zero-order valence-electron chi connectivity index (χ0n) is 16.3. The molecule has 1 unspecified atom stereocenters. The molecule has 0 aliphatic carbocycles. The molecule has 1 saturated heterocycles. The average Bonchev–Trinajstić information content (AvgIpc) is 3.08. The van der Waals surface area contributed by atoms with Gasteiger partial charge in [0.2, 0.25) is 0 Å². The van der Waals surface area contributed by atoms with Crippen LogP contribution in [-0.4, -0.2) is 68.8 Å². The Kier molecular flexibility index (Phi) is 9.36. The second-order valence-electron chi connectivity index (χ2n) is 7.01. The Bertz CT molecular complexity index is 711. The van der Waals surface area contributed by atoms with Crippen molar-refractivity contribution in [1.82, 2.24) is 20.5 Å². The van der Waals surface area contributed by atoms with Gasteiger partial charge in [-0.15, -0.1) is 24.0 Å². The predicted octanol–water partition coefficient (Wildman–Crippen LogP) is 2.46. The lowest BCUT2D eigenvalue weighted by Gasteiger charge is -2.29. The fraction of sp³-hybridized carbons (Fsp3) is 0.550. The molecule has 0 amide bonds. The summed E-state index contributed by atoms with van der Waals surface area (Å²) in [7, 11) is 1.83. The van der Waals surface area contributed by atoms with Gasteiger partial charge >= 0.3 is 0 Å². The molecule has 1 fully saturated rings. The summed E-state index contributed by atoms with van der Waals surface area (Å²) in [4.78, 5) is 10.1. The Labute approximate surface area is 179 Å². The van der Waals surface area contributed by atoms with Crippen LogP contribution < -0.4 is 10.6 Å². The van der Waals surface area contributed by atoms with Gasteiger partial charge in [0.25, 0.3) is 0 Å². The lowest BCUT2D eigenvalue weighted by Crippen LogP contribution is -2.44. The second kappa shape index (κ2) is 11.5. The summed E-state index contributed by atoms with van der Waals surface area (Å²) in [5, 5.41) is 8.17. The highest BCUT2D eigenvalue weighted by molar-refractivity contribution is 14.0. The summed E-state index contributed by atoms with van der Waals surface area (Å²) in [5.74, 6) is 1.44. The van der Waals surface area contributed by atoms with Gasteiger partial charge in [-0.2, -0.15) is 0 Å². The van der Waals surface area contributed by atoms with E-state index in [0.717, 1.165) is 58.3 Å². The number of hydrogen-bond donors (Lipinski definition) is 3. The molecule has 1 aromatic heterocycles. The minimum atomic E-state index is 0. The SMILES string of the molecule is CN=C(NCCc1c[nH]c2ccccc12)NCC(C)CN1CCOCC1.I. The monoisotopic (exact) mass is 485 g/mol. The van der Waals surface area contributed by atoms with Crippen LogP contribution in [0.2, 0.25) is 0 Å². The van der Waals surface area contributed by atoms with Crippen LogP contribution in [0.5, 0.6) is 0 Å². The quantitative estimate of drug-likeness (QED) is 0.321. The Morgan fingerprint density at radius 3 is 2.81 bits per heavy atom. The van der Waals surface area contributed by atoms with E-state index in [1.54, 1.807) is 0 Å². The molecular weight excluding hydrogens is 453 g/mol. The number of H-pyrrole nitrogens is 1. The summed E-state index contributed by atoms with van der Waals surface area (Å²) in [6, 6.07) is 8.43. The van der Waals surface area contributed by atoms with Crippen LogP contribution in [0.3, 0.4) is 0 Å². The number of aromatic amines is 1. The van der Waals surface area contributed by atoms with Crippen LogP contribution >= 0.6 is 24.0 Å². The van der Waals surface area contributed by atoms with Gasteiger partial charge in [-0.1, -0.05) is 25.1 Å². The van der Waals surface area contributed by atoms with Crippen molar-refractivity contribution in [3.05, 3.63) is 36.0 Å². The molecule has 0 spiro atoms. The predicted molar refractivity (Wildman–Crippen MR) is 123 cm³/mol. The zero-order valence-corrected chi connectivity index (χ0v) is 18.7. The molecule has 1 atom stereocenters. The van der Waals surface area contributed by atoms with Crippen molar-refractivity contribution in [1.29, 1.82) is 0 Å². The summed E-state index contributed by atoms with van der Waals surface area (Å²) in [5.41, 5.74) is 2.53.